The maximum absolute atomic E-state index is 13.9. The van der Waals surface area contributed by atoms with Crippen LogP contribution in [0, 0.1) is 0 Å². The first-order chi connectivity index (χ1) is 18.1. The average molecular weight is 519 g/mol. The van der Waals surface area contributed by atoms with Gasteiger partial charge in [0.15, 0.2) is 0 Å². The van der Waals surface area contributed by atoms with Crippen molar-refractivity contribution in [1.29, 1.82) is 0 Å². The highest BCUT2D eigenvalue weighted by Gasteiger charge is 2.18. The molecular formula is C28H30N4O6. The third-order valence-electron chi connectivity index (χ3n) is 5.55. The Balaban J connectivity index is 1.62. The molecule has 198 valence electrons. The van der Waals surface area contributed by atoms with E-state index in [1.165, 1.54) is 6.07 Å². The molecule has 0 saturated carbocycles. The fraction of sp³-hybridized carbons (Fsp3) is 0.286. The molecule has 38 heavy (non-hydrogen) atoms. The molecule has 4 rings (SSSR count). The number of carboxylic acids is 1. The number of carbonyl (C=O) groups excluding carboxylic acids is 1. The predicted molar refractivity (Wildman–Crippen MR) is 143 cm³/mol. The van der Waals surface area contributed by atoms with Crippen molar-refractivity contribution in [3.63, 3.8) is 0 Å². The van der Waals surface area contributed by atoms with Gasteiger partial charge in [-0.3, -0.25) is 9.36 Å². The number of aryl methyl sites for hydroxylation is 1. The number of aromatic carboxylic acids is 1. The summed E-state index contributed by atoms with van der Waals surface area (Å²) in [5, 5.41) is 15.4. The average Bonchev–Trinajstić information content (AvgIpc) is 3.34. The van der Waals surface area contributed by atoms with Crippen LogP contribution in [-0.4, -0.2) is 38.9 Å². The lowest BCUT2D eigenvalue weighted by Crippen LogP contribution is -2.33. The lowest BCUT2D eigenvalue weighted by Gasteiger charge is -2.19. The number of amides is 1. The number of aromatic nitrogens is 2. The molecule has 0 unspecified atom stereocenters. The maximum atomic E-state index is 13.9. The summed E-state index contributed by atoms with van der Waals surface area (Å²) in [6, 6.07) is 17.5. The van der Waals surface area contributed by atoms with Crippen molar-refractivity contribution in [1.82, 2.24) is 14.9 Å². The van der Waals surface area contributed by atoms with Crippen LogP contribution in [0.1, 0.15) is 49.3 Å². The van der Waals surface area contributed by atoms with E-state index in [-0.39, 0.29) is 17.9 Å². The zero-order chi connectivity index (χ0) is 27.3. The summed E-state index contributed by atoms with van der Waals surface area (Å²) in [4.78, 5) is 41.8. The SMILES string of the molecule is CC(C)(C)OC(=O)NCCCc1nc2cccc(NCc3ccc(C(=O)O)o3)c2c(=O)n1-c1ccccc1. The molecule has 10 nitrogen and oxygen atoms in total. The van der Waals surface area contributed by atoms with Crippen LogP contribution in [0.15, 0.2) is 69.9 Å². The zero-order valence-corrected chi connectivity index (χ0v) is 21.5. The number of fused-ring (bicyclic) bond motifs is 1. The smallest absolute Gasteiger partial charge is 0.407 e. The summed E-state index contributed by atoms with van der Waals surface area (Å²) in [6.07, 6.45) is 0.497. The summed E-state index contributed by atoms with van der Waals surface area (Å²) in [6.45, 7) is 5.95. The molecule has 0 aliphatic carbocycles. The van der Waals surface area contributed by atoms with E-state index in [4.69, 9.17) is 19.2 Å². The van der Waals surface area contributed by atoms with Gasteiger partial charge in [-0.2, -0.15) is 0 Å². The van der Waals surface area contributed by atoms with E-state index in [2.05, 4.69) is 10.6 Å². The summed E-state index contributed by atoms with van der Waals surface area (Å²) < 4.78 is 12.2. The van der Waals surface area contributed by atoms with Crippen LogP contribution < -0.4 is 16.2 Å². The molecule has 0 bridgehead atoms. The Morgan fingerprint density at radius 3 is 2.50 bits per heavy atom. The van der Waals surface area contributed by atoms with Crippen molar-refractivity contribution in [3.05, 3.63) is 88.4 Å². The molecule has 1 amide bonds. The molecule has 3 N–H and O–H groups in total. The Labute approximate surface area is 219 Å². The molecule has 0 fully saturated rings. The lowest BCUT2D eigenvalue weighted by molar-refractivity contribution is 0.0526. The molecule has 0 radical (unpaired) electrons. The van der Waals surface area contributed by atoms with E-state index in [1.54, 1.807) is 49.6 Å². The van der Waals surface area contributed by atoms with E-state index in [1.807, 2.05) is 30.3 Å². The van der Waals surface area contributed by atoms with Crippen molar-refractivity contribution in [2.45, 2.75) is 45.8 Å². The second-order valence-electron chi connectivity index (χ2n) is 9.66. The molecule has 2 heterocycles. The van der Waals surface area contributed by atoms with Crippen molar-refractivity contribution in [2.24, 2.45) is 0 Å². The Hall–Kier alpha value is -4.60. The number of rotatable bonds is 9. The summed E-state index contributed by atoms with van der Waals surface area (Å²) >= 11 is 0. The highest BCUT2D eigenvalue weighted by atomic mass is 16.6. The minimum absolute atomic E-state index is 0.154. The van der Waals surface area contributed by atoms with Gasteiger partial charge in [-0.05, 0) is 63.6 Å². The van der Waals surface area contributed by atoms with Gasteiger partial charge in [0.05, 0.1) is 23.1 Å². The molecule has 2 aromatic heterocycles. The van der Waals surface area contributed by atoms with E-state index in [0.717, 1.165) is 0 Å². The molecule has 0 aliphatic rings. The Bertz CT molecular complexity index is 1500. The van der Waals surface area contributed by atoms with Crippen LogP contribution in [0.25, 0.3) is 16.6 Å². The fourth-order valence-corrected chi connectivity index (χ4v) is 3.96. The number of benzene rings is 2. The van der Waals surface area contributed by atoms with Gasteiger partial charge in [0.25, 0.3) is 5.56 Å². The van der Waals surface area contributed by atoms with Crippen LogP contribution in [0.5, 0.6) is 0 Å². The third kappa shape index (κ3) is 6.39. The topological polar surface area (TPSA) is 136 Å². The number of ether oxygens (including phenoxy) is 1. The summed E-state index contributed by atoms with van der Waals surface area (Å²) in [7, 11) is 0. The quantitative estimate of drug-likeness (QED) is 0.270. The second-order valence-corrected chi connectivity index (χ2v) is 9.66. The summed E-state index contributed by atoms with van der Waals surface area (Å²) in [5.41, 5.74) is 0.919. The van der Waals surface area contributed by atoms with Gasteiger partial charge in [-0.25, -0.2) is 14.6 Å². The van der Waals surface area contributed by atoms with E-state index in [9.17, 15) is 14.4 Å². The fourth-order valence-electron chi connectivity index (χ4n) is 3.96. The highest BCUT2D eigenvalue weighted by Crippen LogP contribution is 2.22. The molecule has 4 aromatic rings. The largest absolute Gasteiger partial charge is 0.475 e. The standard InChI is InChI=1S/C28H30N4O6/c1-28(2,3)38-27(36)29-16-8-13-23-31-21-12-7-11-20(30-17-19-14-15-22(37-19)26(34)35)24(21)25(33)32(23)18-9-5-4-6-10-18/h4-7,9-12,14-15,30H,8,13,16-17H2,1-3H3,(H,29,36)(H,34,35). The van der Waals surface area contributed by atoms with Crippen LogP contribution in [-0.2, 0) is 17.7 Å². The Morgan fingerprint density at radius 2 is 1.82 bits per heavy atom. The number of nitrogens with zero attached hydrogens (tertiary/aromatic N) is 2. The normalized spacial score (nSPS) is 11.3. The molecule has 0 atom stereocenters. The molecule has 0 aliphatic heterocycles. The number of anilines is 1. The molecule has 2 aromatic carbocycles. The van der Waals surface area contributed by atoms with Crippen molar-refractivity contribution < 1.29 is 23.8 Å². The highest BCUT2D eigenvalue weighted by molar-refractivity contribution is 5.91. The number of carboxylic acid groups (broad SMARTS) is 1. The van der Waals surface area contributed by atoms with Gasteiger partial charge < -0.3 is 24.9 Å². The molecular weight excluding hydrogens is 488 g/mol. The van der Waals surface area contributed by atoms with Gasteiger partial charge in [0.1, 0.15) is 17.2 Å². The van der Waals surface area contributed by atoms with Crippen LogP contribution in [0.4, 0.5) is 10.5 Å². The molecule has 10 heteroatoms. The monoisotopic (exact) mass is 518 g/mol. The number of hydrogen-bond donors (Lipinski definition) is 3. The number of furan rings is 1. The minimum Gasteiger partial charge on any atom is -0.475 e. The van der Waals surface area contributed by atoms with Crippen molar-refractivity contribution in [3.8, 4) is 5.69 Å². The van der Waals surface area contributed by atoms with E-state index < -0.39 is 17.7 Å². The maximum Gasteiger partial charge on any atom is 0.407 e. The second kappa shape index (κ2) is 11.2. The first-order valence-electron chi connectivity index (χ1n) is 12.3. The zero-order valence-electron chi connectivity index (χ0n) is 21.5. The first kappa shape index (κ1) is 26.5. The number of hydrogen-bond acceptors (Lipinski definition) is 7. The van der Waals surface area contributed by atoms with Crippen molar-refractivity contribution >= 4 is 28.7 Å². The van der Waals surface area contributed by atoms with Crippen molar-refractivity contribution in [2.75, 3.05) is 11.9 Å². The number of nitrogens with one attached hydrogen (secondary N) is 2. The number of para-hydroxylation sites is 1. The number of alkyl carbamates (subject to hydrolysis) is 1. The minimum atomic E-state index is -1.15. The Morgan fingerprint density at radius 1 is 1.05 bits per heavy atom. The Kier molecular flexibility index (Phi) is 7.80. The van der Waals surface area contributed by atoms with Gasteiger partial charge in [0.2, 0.25) is 5.76 Å². The van der Waals surface area contributed by atoms with E-state index >= 15 is 0 Å². The van der Waals surface area contributed by atoms with Gasteiger partial charge in [-0.15, -0.1) is 0 Å². The molecule has 0 spiro atoms. The van der Waals surface area contributed by atoms with E-state index in [0.29, 0.717) is 53.2 Å². The van der Waals surface area contributed by atoms with Gasteiger partial charge >= 0.3 is 12.1 Å². The first-order valence-corrected chi connectivity index (χ1v) is 12.3. The number of carbonyl (C=O) groups is 2. The molecule has 0 saturated heterocycles. The van der Waals surface area contributed by atoms with Gasteiger partial charge in [-0.1, -0.05) is 24.3 Å². The van der Waals surface area contributed by atoms with Gasteiger partial charge in [0, 0.05) is 18.7 Å². The lowest BCUT2D eigenvalue weighted by atomic mass is 10.1. The summed E-state index contributed by atoms with van der Waals surface area (Å²) in [5.74, 6) is -0.317. The van der Waals surface area contributed by atoms with Crippen LogP contribution in [0.3, 0.4) is 0 Å². The van der Waals surface area contributed by atoms with Crippen LogP contribution >= 0.6 is 0 Å². The third-order valence-corrected chi connectivity index (χ3v) is 5.55. The predicted octanol–water partition coefficient (Wildman–Crippen LogP) is 4.75. The van der Waals surface area contributed by atoms with Crippen LogP contribution in [0.2, 0.25) is 0 Å².